The highest BCUT2D eigenvalue weighted by Gasteiger charge is 2.29. The number of carbonyl (C=O) groups is 1. The van der Waals surface area contributed by atoms with E-state index in [0.29, 0.717) is 18.2 Å². The fourth-order valence-electron chi connectivity index (χ4n) is 4.37. The molecule has 1 fully saturated rings. The SMILES string of the molecule is COCCC1CCCN(c2nc(CCc3ccccc3)nc3c2CCNC3=O)C1. The number of nitrogens with one attached hydrogen (secondary N) is 1. The molecule has 1 atom stereocenters. The van der Waals surface area contributed by atoms with Gasteiger partial charge < -0.3 is 15.0 Å². The van der Waals surface area contributed by atoms with Crippen LogP contribution in [0.5, 0.6) is 0 Å². The van der Waals surface area contributed by atoms with E-state index in [1.54, 1.807) is 7.11 Å². The quantitative estimate of drug-likeness (QED) is 0.782. The molecule has 0 spiro atoms. The van der Waals surface area contributed by atoms with Gasteiger partial charge in [0.05, 0.1) is 0 Å². The fourth-order valence-corrected chi connectivity index (χ4v) is 4.37. The summed E-state index contributed by atoms with van der Waals surface area (Å²) in [5, 5.41) is 2.94. The number of aromatic nitrogens is 2. The Kier molecular flexibility index (Phi) is 6.39. The van der Waals surface area contributed by atoms with Crippen molar-refractivity contribution in [1.29, 1.82) is 0 Å². The van der Waals surface area contributed by atoms with E-state index in [2.05, 4.69) is 39.5 Å². The first-order valence-corrected chi connectivity index (χ1v) is 10.7. The van der Waals surface area contributed by atoms with E-state index in [0.717, 1.165) is 69.0 Å². The van der Waals surface area contributed by atoms with Crippen molar-refractivity contribution < 1.29 is 9.53 Å². The number of aryl methyl sites for hydroxylation is 2. The van der Waals surface area contributed by atoms with Crippen molar-refractivity contribution in [2.75, 3.05) is 38.3 Å². The number of anilines is 1. The van der Waals surface area contributed by atoms with Gasteiger partial charge in [-0.2, -0.15) is 0 Å². The minimum atomic E-state index is -0.0659. The molecule has 1 amide bonds. The smallest absolute Gasteiger partial charge is 0.270 e. The molecule has 1 aromatic carbocycles. The molecule has 2 aromatic rings. The summed E-state index contributed by atoms with van der Waals surface area (Å²) in [4.78, 5) is 24.5. The van der Waals surface area contributed by atoms with E-state index < -0.39 is 0 Å². The first kappa shape index (κ1) is 19.8. The van der Waals surface area contributed by atoms with Crippen LogP contribution in [0.3, 0.4) is 0 Å². The predicted octanol–water partition coefficient (Wildman–Crippen LogP) is 2.80. The van der Waals surface area contributed by atoms with E-state index >= 15 is 0 Å². The van der Waals surface area contributed by atoms with Gasteiger partial charge in [0.2, 0.25) is 0 Å². The van der Waals surface area contributed by atoms with Crippen LogP contribution in [0.2, 0.25) is 0 Å². The molecule has 0 saturated carbocycles. The Hall–Kier alpha value is -2.47. The Morgan fingerprint density at radius 2 is 2.07 bits per heavy atom. The Bertz CT molecular complexity index is 840. The van der Waals surface area contributed by atoms with E-state index in [9.17, 15) is 4.79 Å². The summed E-state index contributed by atoms with van der Waals surface area (Å²) in [5.41, 5.74) is 2.85. The third-order valence-corrected chi connectivity index (χ3v) is 5.94. The van der Waals surface area contributed by atoms with Crippen molar-refractivity contribution >= 4 is 11.7 Å². The van der Waals surface area contributed by atoms with Crippen LogP contribution < -0.4 is 10.2 Å². The lowest BCUT2D eigenvalue weighted by Gasteiger charge is -2.35. The Labute approximate surface area is 172 Å². The van der Waals surface area contributed by atoms with Crippen molar-refractivity contribution in [1.82, 2.24) is 15.3 Å². The van der Waals surface area contributed by atoms with E-state index in [1.807, 2.05) is 6.07 Å². The zero-order valence-electron chi connectivity index (χ0n) is 17.2. The summed E-state index contributed by atoms with van der Waals surface area (Å²) in [6.07, 6.45) is 5.86. The number of benzene rings is 1. The van der Waals surface area contributed by atoms with Gasteiger partial charge in [-0.25, -0.2) is 9.97 Å². The maximum Gasteiger partial charge on any atom is 0.270 e. The maximum absolute atomic E-state index is 12.5. The number of amides is 1. The number of hydrogen-bond acceptors (Lipinski definition) is 5. The van der Waals surface area contributed by atoms with Crippen LogP contribution >= 0.6 is 0 Å². The number of piperidine rings is 1. The first-order chi connectivity index (χ1) is 14.2. The van der Waals surface area contributed by atoms with Gasteiger partial charge in [0.15, 0.2) is 0 Å². The lowest BCUT2D eigenvalue weighted by molar-refractivity contribution is 0.0940. The molecule has 0 bridgehead atoms. The van der Waals surface area contributed by atoms with E-state index in [1.165, 1.54) is 12.0 Å². The number of carbonyl (C=O) groups excluding carboxylic acids is 1. The highest BCUT2D eigenvalue weighted by atomic mass is 16.5. The number of ether oxygens (including phenoxy) is 1. The number of hydrogen-bond donors (Lipinski definition) is 1. The molecule has 6 nitrogen and oxygen atoms in total. The van der Waals surface area contributed by atoms with Gasteiger partial charge in [-0.05, 0) is 43.6 Å². The maximum atomic E-state index is 12.5. The van der Waals surface area contributed by atoms with Gasteiger partial charge in [-0.1, -0.05) is 30.3 Å². The number of fused-ring (bicyclic) bond motifs is 1. The molecule has 1 unspecified atom stereocenters. The second-order valence-corrected chi connectivity index (χ2v) is 8.02. The summed E-state index contributed by atoms with van der Waals surface area (Å²) in [6.45, 7) is 3.43. The molecule has 2 aliphatic heterocycles. The third kappa shape index (κ3) is 4.75. The van der Waals surface area contributed by atoms with Crippen LogP contribution in [0.4, 0.5) is 5.82 Å². The average Bonchev–Trinajstić information content (AvgIpc) is 2.77. The van der Waals surface area contributed by atoms with Gasteiger partial charge in [0, 0.05) is 45.3 Å². The van der Waals surface area contributed by atoms with Gasteiger partial charge >= 0.3 is 0 Å². The van der Waals surface area contributed by atoms with Crippen molar-refractivity contribution in [2.45, 2.75) is 38.5 Å². The Balaban J connectivity index is 1.59. The van der Waals surface area contributed by atoms with Crippen LogP contribution in [-0.2, 0) is 24.0 Å². The molecular formula is C23H30N4O2. The van der Waals surface area contributed by atoms with Gasteiger partial charge in [0.25, 0.3) is 5.91 Å². The van der Waals surface area contributed by atoms with Crippen LogP contribution in [0.15, 0.2) is 30.3 Å². The molecule has 4 rings (SSSR count). The molecule has 29 heavy (non-hydrogen) atoms. The molecule has 2 aliphatic rings. The zero-order valence-corrected chi connectivity index (χ0v) is 17.2. The lowest BCUT2D eigenvalue weighted by atomic mass is 9.94. The monoisotopic (exact) mass is 394 g/mol. The summed E-state index contributed by atoms with van der Waals surface area (Å²) >= 11 is 0. The number of rotatable bonds is 7. The van der Waals surface area contributed by atoms with Crippen LogP contribution in [0.25, 0.3) is 0 Å². The first-order valence-electron chi connectivity index (χ1n) is 10.7. The van der Waals surface area contributed by atoms with Gasteiger partial charge in [-0.15, -0.1) is 0 Å². The number of nitrogens with zero attached hydrogens (tertiary/aromatic N) is 3. The second-order valence-electron chi connectivity index (χ2n) is 8.02. The van der Waals surface area contributed by atoms with Crippen molar-refractivity contribution in [3.63, 3.8) is 0 Å². The van der Waals surface area contributed by atoms with Crippen LogP contribution in [0, 0.1) is 5.92 Å². The van der Waals surface area contributed by atoms with Crippen molar-refractivity contribution in [3.8, 4) is 0 Å². The van der Waals surface area contributed by atoms with Crippen molar-refractivity contribution in [3.05, 3.63) is 53.0 Å². The molecule has 154 valence electrons. The van der Waals surface area contributed by atoms with E-state index in [4.69, 9.17) is 9.72 Å². The molecule has 1 saturated heterocycles. The molecule has 6 heteroatoms. The zero-order chi connectivity index (χ0) is 20.1. The largest absolute Gasteiger partial charge is 0.385 e. The highest BCUT2D eigenvalue weighted by Crippen LogP contribution is 2.29. The van der Waals surface area contributed by atoms with Crippen LogP contribution in [0.1, 0.15) is 46.7 Å². The molecule has 0 aliphatic carbocycles. The predicted molar refractivity (Wildman–Crippen MR) is 113 cm³/mol. The highest BCUT2D eigenvalue weighted by molar-refractivity contribution is 5.96. The third-order valence-electron chi connectivity index (χ3n) is 5.94. The minimum Gasteiger partial charge on any atom is -0.385 e. The normalized spacial score (nSPS) is 19.0. The van der Waals surface area contributed by atoms with Crippen LogP contribution in [-0.4, -0.2) is 49.2 Å². The summed E-state index contributed by atoms with van der Waals surface area (Å²) in [7, 11) is 1.76. The average molecular weight is 395 g/mol. The molecule has 1 N–H and O–H groups in total. The summed E-state index contributed by atoms with van der Waals surface area (Å²) < 4.78 is 5.29. The second kappa shape index (κ2) is 9.35. The Morgan fingerprint density at radius 1 is 1.21 bits per heavy atom. The topological polar surface area (TPSA) is 67.3 Å². The van der Waals surface area contributed by atoms with E-state index in [-0.39, 0.29) is 5.91 Å². The van der Waals surface area contributed by atoms with Gasteiger partial charge in [-0.3, -0.25) is 4.79 Å². The lowest BCUT2D eigenvalue weighted by Crippen LogP contribution is -2.40. The van der Waals surface area contributed by atoms with Crippen molar-refractivity contribution in [2.24, 2.45) is 5.92 Å². The standard InChI is InChI=1S/C23H30N4O2/c1-29-15-12-18-8-5-14-27(16-18)22-19-11-13-24-23(28)21(19)25-20(26-22)10-9-17-6-3-2-4-7-17/h2-4,6-7,18H,5,8-16H2,1H3,(H,24,28). The summed E-state index contributed by atoms with van der Waals surface area (Å²) in [6, 6.07) is 10.4. The molecular weight excluding hydrogens is 364 g/mol. The molecule has 3 heterocycles. The minimum absolute atomic E-state index is 0.0659. The molecule has 1 aromatic heterocycles. The fraction of sp³-hybridized carbons (Fsp3) is 0.522. The Morgan fingerprint density at radius 3 is 2.90 bits per heavy atom. The summed E-state index contributed by atoms with van der Waals surface area (Å²) in [5.74, 6) is 2.29. The number of methoxy groups -OCH3 is 1. The molecule has 0 radical (unpaired) electrons. The van der Waals surface area contributed by atoms with Gasteiger partial charge in [0.1, 0.15) is 17.3 Å².